The van der Waals surface area contributed by atoms with Crippen molar-refractivity contribution >= 4 is 17.5 Å². The van der Waals surface area contributed by atoms with Crippen LogP contribution in [0.15, 0.2) is 79.1 Å². The highest BCUT2D eigenvalue weighted by Gasteiger charge is 2.56. The monoisotopic (exact) mass is 387 g/mol. The van der Waals surface area contributed by atoms with E-state index in [1.54, 1.807) is 24.5 Å². The van der Waals surface area contributed by atoms with Gasteiger partial charge in [-0.25, -0.2) is 0 Å². The summed E-state index contributed by atoms with van der Waals surface area (Å²) in [6.07, 6.45) is 4.42. The molecule has 2 aromatic carbocycles. The molecular formula is C23H21N3O3. The molecule has 0 saturated heterocycles. The zero-order chi connectivity index (χ0) is 20.1. The molecule has 0 atom stereocenters. The van der Waals surface area contributed by atoms with Gasteiger partial charge in [0.1, 0.15) is 11.2 Å². The van der Waals surface area contributed by atoms with E-state index in [2.05, 4.69) is 15.6 Å². The average molecular weight is 387 g/mol. The van der Waals surface area contributed by atoms with E-state index in [0.717, 1.165) is 5.56 Å². The number of anilines is 1. The van der Waals surface area contributed by atoms with Crippen LogP contribution < -0.4 is 15.4 Å². The standard InChI is InChI=1S/C23H21N3O3/c27-21(25-16-17-7-6-14-24-15-17)23(12-13-23)22(28)26-19-10-4-5-11-20(19)29-18-8-2-1-3-9-18/h1-11,14-15H,12-13,16H2,(H,25,27)(H,26,28). The first-order valence-electron chi connectivity index (χ1n) is 9.48. The maximum Gasteiger partial charge on any atom is 0.240 e. The van der Waals surface area contributed by atoms with Gasteiger partial charge < -0.3 is 15.4 Å². The molecule has 6 heteroatoms. The number of rotatable bonds is 7. The molecule has 0 radical (unpaired) electrons. The Balaban J connectivity index is 1.43. The summed E-state index contributed by atoms with van der Waals surface area (Å²) in [6.45, 7) is 0.343. The lowest BCUT2D eigenvalue weighted by Crippen LogP contribution is -2.39. The van der Waals surface area contributed by atoms with E-state index in [4.69, 9.17) is 4.74 Å². The fourth-order valence-corrected chi connectivity index (χ4v) is 3.05. The van der Waals surface area contributed by atoms with Gasteiger partial charge in [-0.2, -0.15) is 0 Å². The van der Waals surface area contributed by atoms with Crippen molar-refractivity contribution in [2.24, 2.45) is 5.41 Å². The predicted octanol–water partition coefficient (Wildman–Crippen LogP) is 3.91. The van der Waals surface area contributed by atoms with Crippen molar-refractivity contribution in [2.45, 2.75) is 19.4 Å². The summed E-state index contributed by atoms with van der Waals surface area (Å²) < 4.78 is 5.89. The van der Waals surface area contributed by atoms with Crippen LogP contribution in [0.5, 0.6) is 11.5 Å². The number of carbonyl (C=O) groups excluding carboxylic acids is 2. The number of hydrogen-bond donors (Lipinski definition) is 2. The SMILES string of the molecule is O=C(NCc1cccnc1)C1(C(=O)Nc2ccccc2Oc2ccccc2)CC1. The van der Waals surface area contributed by atoms with Crippen LogP contribution in [-0.4, -0.2) is 16.8 Å². The van der Waals surface area contributed by atoms with E-state index in [9.17, 15) is 9.59 Å². The van der Waals surface area contributed by atoms with Crippen LogP contribution in [0.25, 0.3) is 0 Å². The first-order valence-corrected chi connectivity index (χ1v) is 9.48. The summed E-state index contributed by atoms with van der Waals surface area (Å²) in [5.74, 6) is 0.619. The van der Waals surface area contributed by atoms with Crippen molar-refractivity contribution in [2.75, 3.05) is 5.32 Å². The van der Waals surface area contributed by atoms with Gasteiger partial charge in [-0.1, -0.05) is 36.4 Å². The molecular weight excluding hydrogens is 366 g/mol. The van der Waals surface area contributed by atoms with Gasteiger partial charge >= 0.3 is 0 Å². The van der Waals surface area contributed by atoms with Gasteiger partial charge in [0.05, 0.1) is 5.69 Å². The van der Waals surface area contributed by atoms with Gasteiger partial charge in [0, 0.05) is 18.9 Å². The number of ether oxygens (including phenoxy) is 1. The fraction of sp³-hybridized carbons (Fsp3) is 0.174. The highest BCUT2D eigenvalue weighted by atomic mass is 16.5. The molecule has 1 aromatic heterocycles. The fourth-order valence-electron chi connectivity index (χ4n) is 3.05. The van der Waals surface area contributed by atoms with Crippen LogP contribution >= 0.6 is 0 Å². The number of amides is 2. The first-order chi connectivity index (χ1) is 14.2. The highest BCUT2D eigenvalue weighted by Crippen LogP contribution is 2.47. The van der Waals surface area contributed by atoms with Crippen molar-refractivity contribution in [3.05, 3.63) is 84.7 Å². The van der Waals surface area contributed by atoms with Gasteiger partial charge in [-0.3, -0.25) is 14.6 Å². The number of hydrogen-bond acceptors (Lipinski definition) is 4. The van der Waals surface area contributed by atoms with Gasteiger partial charge in [0.2, 0.25) is 11.8 Å². The van der Waals surface area contributed by atoms with Crippen LogP contribution in [0.3, 0.4) is 0 Å². The quantitative estimate of drug-likeness (QED) is 0.603. The number of nitrogens with zero attached hydrogens (tertiary/aromatic N) is 1. The van der Waals surface area contributed by atoms with Crippen LogP contribution in [0.2, 0.25) is 0 Å². The Morgan fingerprint density at radius 3 is 2.41 bits per heavy atom. The minimum Gasteiger partial charge on any atom is -0.455 e. The molecule has 6 nitrogen and oxygen atoms in total. The smallest absolute Gasteiger partial charge is 0.240 e. The third-order valence-corrected chi connectivity index (χ3v) is 4.90. The van der Waals surface area contributed by atoms with E-state index in [1.807, 2.05) is 54.6 Å². The lowest BCUT2D eigenvalue weighted by Gasteiger charge is -2.17. The maximum absolute atomic E-state index is 12.9. The summed E-state index contributed by atoms with van der Waals surface area (Å²) in [6, 6.07) is 20.2. The molecule has 1 fully saturated rings. The second-order valence-corrected chi connectivity index (χ2v) is 6.99. The largest absolute Gasteiger partial charge is 0.455 e. The average Bonchev–Trinajstić information content (AvgIpc) is 3.57. The summed E-state index contributed by atoms with van der Waals surface area (Å²) >= 11 is 0. The minimum absolute atomic E-state index is 0.264. The molecule has 1 heterocycles. The van der Waals surface area contributed by atoms with Gasteiger partial charge in [0.15, 0.2) is 5.75 Å². The molecule has 29 heavy (non-hydrogen) atoms. The molecule has 146 valence electrons. The van der Waals surface area contributed by atoms with Crippen LogP contribution in [-0.2, 0) is 16.1 Å². The zero-order valence-electron chi connectivity index (χ0n) is 15.8. The molecule has 0 aliphatic heterocycles. The van der Waals surface area contributed by atoms with Crippen LogP contribution in [0.1, 0.15) is 18.4 Å². The third-order valence-electron chi connectivity index (χ3n) is 4.90. The van der Waals surface area contributed by atoms with Crippen molar-refractivity contribution in [3.63, 3.8) is 0 Å². The summed E-state index contributed by atoms with van der Waals surface area (Å²) in [7, 11) is 0. The van der Waals surface area contributed by atoms with E-state index in [1.165, 1.54) is 0 Å². The van der Waals surface area contributed by atoms with E-state index in [0.29, 0.717) is 36.6 Å². The molecule has 1 aliphatic rings. The first kappa shape index (κ1) is 18.7. The second kappa shape index (κ2) is 8.14. The molecule has 3 aromatic rings. The van der Waals surface area contributed by atoms with Crippen molar-refractivity contribution in [1.82, 2.24) is 10.3 Å². The summed E-state index contributed by atoms with van der Waals surface area (Å²) in [5, 5.41) is 5.73. The number of benzene rings is 2. The Morgan fingerprint density at radius 1 is 0.931 bits per heavy atom. The molecule has 4 rings (SSSR count). The number of aromatic nitrogens is 1. The lowest BCUT2D eigenvalue weighted by atomic mass is 10.0. The second-order valence-electron chi connectivity index (χ2n) is 6.99. The van der Waals surface area contributed by atoms with Gasteiger partial charge in [-0.15, -0.1) is 0 Å². The molecule has 1 saturated carbocycles. The number of para-hydroxylation sites is 3. The highest BCUT2D eigenvalue weighted by molar-refractivity contribution is 6.13. The normalized spacial score (nSPS) is 13.9. The maximum atomic E-state index is 12.9. The number of carbonyl (C=O) groups is 2. The molecule has 1 aliphatic carbocycles. The summed E-state index contributed by atoms with van der Waals surface area (Å²) in [4.78, 5) is 29.6. The van der Waals surface area contributed by atoms with E-state index in [-0.39, 0.29) is 11.8 Å². The molecule has 2 N–H and O–H groups in total. The van der Waals surface area contributed by atoms with Crippen molar-refractivity contribution < 1.29 is 14.3 Å². The van der Waals surface area contributed by atoms with E-state index < -0.39 is 5.41 Å². The van der Waals surface area contributed by atoms with Crippen molar-refractivity contribution in [1.29, 1.82) is 0 Å². The Labute approximate surface area is 168 Å². The Hall–Kier alpha value is -3.67. The number of pyridine rings is 1. The van der Waals surface area contributed by atoms with Crippen LogP contribution in [0, 0.1) is 5.41 Å². The lowest BCUT2D eigenvalue weighted by molar-refractivity contribution is -0.134. The Morgan fingerprint density at radius 2 is 1.69 bits per heavy atom. The molecule has 0 unspecified atom stereocenters. The topological polar surface area (TPSA) is 80.3 Å². The Bertz CT molecular complexity index is 1000. The zero-order valence-corrected chi connectivity index (χ0v) is 15.8. The third kappa shape index (κ3) is 4.27. The minimum atomic E-state index is -1.03. The van der Waals surface area contributed by atoms with Crippen LogP contribution in [0.4, 0.5) is 5.69 Å². The molecule has 0 spiro atoms. The van der Waals surface area contributed by atoms with Crippen molar-refractivity contribution in [3.8, 4) is 11.5 Å². The van der Waals surface area contributed by atoms with E-state index >= 15 is 0 Å². The molecule has 2 amide bonds. The molecule has 0 bridgehead atoms. The summed E-state index contributed by atoms with van der Waals surface area (Å²) in [5.41, 5.74) is 0.397. The predicted molar refractivity (Wildman–Crippen MR) is 109 cm³/mol. The van der Waals surface area contributed by atoms with Gasteiger partial charge in [-0.05, 0) is 48.7 Å². The van der Waals surface area contributed by atoms with Gasteiger partial charge in [0.25, 0.3) is 0 Å². The number of nitrogens with one attached hydrogen (secondary N) is 2. The Kier molecular flexibility index (Phi) is 5.24.